The van der Waals surface area contributed by atoms with Crippen LogP contribution >= 0.6 is 22.7 Å². The van der Waals surface area contributed by atoms with Crippen LogP contribution in [0.15, 0.2) is 71.6 Å². The minimum atomic E-state index is -0.542. The number of rotatable bonds is 5. The van der Waals surface area contributed by atoms with Gasteiger partial charge in [-0.25, -0.2) is 4.79 Å². The lowest BCUT2D eigenvalue weighted by Crippen LogP contribution is -2.67. The summed E-state index contributed by atoms with van der Waals surface area (Å²) in [5.74, 6) is 0.649. The van der Waals surface area contributed by atoms with Crippen LogP contribution in [0.4, 0.5) is 4.79 Å². The van der Waals surface area contributed by atoms with Gasteiger partial charge in [0.25, 0.3) is 0 Å². The van der Waals surface area contributed by atoms with E-state index in [1.807, 2.05) is 17.0 Å². The normalized spacial score (nSPS) is 41.2. The summed E-state index contributed by atoms with van der Waals surface area (Å²) in [5.41, 5.74) is -0.608. The fourth-order valence-corrected chi connectivity index (χ4v) is 13.2. The van der Waals surface area contributed by atoms with E-state index in [0.29, 0.717) is 25.4 Å². The molecular weight excluding hydrogens is 599 g/mol. The average Bonchev–Trinajstić information content (AvgIpc) is 3.82. The highest BCUT2D eigenvalue weighted by Crippen LogP contribution is 2.79. The maximum absolute atomic E-state index is 14.9. The SMILES string of the molecule is C[C@]12CC[C@H]3[C@]4(C=C[C@@]5(C=C4C(=O)c4cc6ccccc6s4)C[C@@H](O)CC[C@]35C)[C@@H]1CC[C@@]21CN(CCc2cccs2)C(=O)O1. The van der Waals surface area contributed by atoms with Crippen molar-refractivity contribution < 1.29 is 19.4 Å². The predicted molar refractivity (Wildman–Crippen MR) is 179 cm³/mol. The van der Waals surface area contributed by atoms with Crippen molar-refractivity contribution in [3.63, 3.8) is 0 Å². The fourth-order valence-electron chi connectivity index (χ4n) is 11.5. The largest absolute Gasteiger partial charge is 0.440 e. The van der Waals surface area contributed by atoms with E-state index in [0.717, 1.165) is 65.5 Å². The van der Waals surface area contributed by atoms with E-state index in [1.54, 1.807) is 22.7 Å². The molecule has 1 N–H and O–H groups in total. The zero-order chi connectivity index (χ0) is 30.8. The van der Waals surface area contributed by atoms with Crippen molar-refractivity contribution in [2.75, 3.05) is 13.1 Å². The van der Waals surface area contributed by atoms with E-state index in [9.17, 15) is 14.7 Å². The monoisotopic (exact) mass is 639 g/mol. The first kappa shape index (κ1) is 28.5. The van der Waals surface area contributed by atoms with Gasteiger partial charge in [-0.15, -0.1) is 22.7 Å². The van der Waals surface area contributed by atoms with Crippen LogP contribution in [-0.2, 0) is 11.2 Å². The minimum Gasteiger partial charge on any atom is -0.440 e. The first-order valence-electron chi connectivity index (χ1n) is 16.8. The molecule has 0 radical (unpaired) electrons. The summed E-state index contributed by atoms with van der Waals surface area (Å²) in [6.45, 7) is 6.14. The smallest absolute Gasteiger partial charge is 0.410 e. The Morgan fingerprint density at radius 1 is 1.02 bits per heavy atom. The van der Waals surface area contributed by atoms with Crippen LogP contribution in [0.1, 0.15) is 73.3 Å². The number of benzene rings is 1. The fraction of sp³-hybridized carbons (Fsp3) is 0.526. The van der Waals surface area contributed by atoms with Crippen molar-refractivity contribution in [2.45, 2.75) is 76.9 Å². The number of ether oxygens (including phenoxy) is 1. The number of Topliss-reactive ketones (excluding diaryl/α,β-unsaturated/α-hetero) is 1. The Bertz CT molecular complexity index is 1760. The Balaban J connectivity index is 1.14. The second kappa shape index (κ2) is 9.42. The van der Waals surface area contributed by atoms with Crippen LogP contribution in [-0.4, -0.2) is 46.7 Å². The number of hydrogen-bond donors (Lipinski definition) is 1. The van der Waals surface area contributed by atoms with Gasteiger partial charge in [-0.05, 0) is 97.6 Å². The lowest BCUT2D eigenvalue weighted by atomic mass is 9.32. The van der Waals surface area contributed by atoms with Gasteiger partial charge in [0.2, 0.25) is 0 Å². The molecular formula is C38H41NO4S2. The first-order valence-corrected chi connectivity index (χ1v) is 18.5. The molecule has 2 aromatic heterocycles. The number of amides is 1. The summed E-state index contributed by atoms with van der Waals surface area (Å²) in [5, 5.41) is 14.2. The van der Waals surface area contributed by atoms with E-state index in [2.05, 4.69) is 67.8 Å². The van der Waals surface area contributed by atoms with Crippen LogP contribution < -0.4 is 0 Å². The summed E-state index contributed by atoms with van der Waals surface area (Å²) in [6.07, 6.45) is 13.7. The lowest BCUT2D eigenvalue weighted by molar-refractivity contribution is -0.164. The molecule has 6 aliphatic carbocycles. The molecule has 3 aromatic rings. The van der Waals surface area contributed by atoms with Gasteiger partial charge in [0.05, 0.1) is 17.5 Å². The molecule has 2 bridgehead atoms. The summed E-state index contributed by atoms with van der Waals surface area (Å²) >= 11 is 3.34. The molecule has 1 amide bonds. The molecule has 3 spiro atoms. The van der Waals surface area contributed by atoms with Crippen LogP contribution in [0.2, 0.25) is 0 Å². The van der Waals surface area contributed by atoms with Crippen LogP contribution in [0.5, 0.6) is 0 Å². The van der Waals surface area contributed by atoms with Crippen molar-refractivity contribution >= 4 is 44.6 Å². The van der Waals surface area contributed by atoms with E-state index in [4.69, 9.17) is 4.74 Å². The Kier molecular flexibility index (Phi) is 5.96. The third kappa shape index (κ3) is 3.58. The quantitative estimate of drug-likeness (QED) is 0.225. The van der Waals surface area contributed by atoms with Crippen molar-refractivity contribution in [1.82, 2.24) is 4.90 Å². The number of aliphatic hydroxyl groups excluding tert-OH is 1. The number of ketones is 1. The highest BCUT2D eigenvalue weighted by Gasteiger charge is 2.76. The highest BCUT2D eigenvalue weighted by molar-refractivity contribution is 7.21. The number of fused-ring (bicyclic) bond motifs is 3. The number of carbonyl (C=O) groups is 2. The number of hydrogen-bond acceptors (Lipinski definition) is 6. The Morgan fingerprint density at radius 3 is 2.64 bits per heavy atom. The second-order valence-corrected chi connectivity index (χ2v) is 17.5. The summed E-state index contributed by atoms with van der Waals surface area (Å²) in [6, 6.07) is 14.6. The number of aliphatic hydroxyl groups is 1. The highest BCUT2D eigenvalue weighted by atomic mass is 32.1. The standard InChI is InChI=1S/C38H41NO4S2/c1-34-13-9-25(40)21-36(34)16-17-38(27(22-36)32(41)29-20-24-6-3-4-8-28(24)45-29)30(34)10-14-35(2)31(38)11-15-37(35)23-39(33(42)43-37)18-12-26-7-5-19-44-26/h3-8,16-17,19-20,22,25,30-31,40H,9-15,18,21,23H2,1-2H3/t25-,30+,31+,34+,35-,36-,37+,38+/m0/s1. The summed E-state index contributed by atoms with van der Waals surface area (Å²) < 4.78 is 7.68. The zero-order valence-corrected chi connectivity index (χ0v) is 27.7. The van der Waals surface area contributed by atoms with Gasteiger partial charge in [-0.2, -0.15) is 0 Å². The van der Waals surface area contributed by atoms with Gasteiger partial charge in [0, 0.05) is 37.9 Å². The number of nitrogens with zero attached hydrogens (tertiary/aromatic N) is 1. The topological polar surface area (TPSA) is 66.8 Å². The van der Waals surface area contributed by atoms with Crippen LogP contribution in [0.3, 0.4) is 0 Å². The maximum atomic E-state index is 14.9. The molecule has 4 fully saturated rings. The third-order valence-electron chi connectivity index (χ3n) is 13.8. The third-order valence-corrected chi connectivity index (χ3v) is 15.8. The molecule has 45 heavy (non-hydrogen) atoms. The Morgan fingerprint density at radius 2 is 1.82 bits per heavy atom. The minimum absolute atomic E-state index is 0.0267. The maximum Gasteiger partial charge on any atom is 0.410 e. The van der Waals surface area contributed by atoms with Gasteiger partial charge < -0.3 is 14.7 Å². The molecule has 1 aromatic carbocycles. The molecule has 3 heterocycles. The average molecular weight is 640 g/mol. The Hall–Kier alpha value is -2.74. The van der Waals surface area contributed by atoms with E-state index >= 15 is 0 Å². The molecule has 3 saturated carbocycles. The van der Waals surface area contributed by atoms with Crippen LogP contribution in [0, 0.1) is 33.5 Å². The van der Waals surface area contributed by atoms with E-state index in [1.165, 1.54) is 4.88 Å². The van der Waals surface area contributed by atoms with Gasteiger partial charge in [-0.3, -0.25) is 4.79 Å². The van der Waals surface area contributed by atoms with Gasteiger partial charge in [0.15, 0.2) is 5.78 Å². The molecule has 1 aliphatic heterocycles. The lowest BCUT2D eigenvalue weighted by Gasteiger charge is -2.71. The van der Waals surface area contributed by atoms with Gasteiger partial charge in [0.1, 0.15) is 5.60 Å². The predicted octanol–water partition coefficient (Wildman–Crippen LogP) is 8.44. The van der Waals surface area contributed by atoms with Crippen molar-refractivity contribution in [3.8, 4) is 0 Å². The number of thiophene rings is 2. The molecule has 1 saturated heterocycles. The molecule has 10 rings (SSSR count). The van der Waals surface area contributed by atoms with Crippen molar-refractivity contribution in [2.24, 2.45) is 33.5 Å². The molecule has 234 valence electrons. The summed E-state index contributed by atoms with van der Waals surface area (Å²) in [4.78, 5) is 32.4. The number of carbonyl (C=O) groups excluding carboxylic acids is 2. The molecule has 0 unspecified atom stereocenters. The molecule has 8 atom stereocenters. The zero-order valence-electron chi connectivity index (χ0n) is 26.1. The molecule has 7 heteroatoms. The van der Waals surface area contributed by atoms with Crippen LogP contribution in [0.25, 0.3) is 10.1 Å². The molecule has 7 aliphatic rings. The number of allylic oxidation sites excluding steroid dienone is 4. The van der Waals surface area contributed by atoms with Gasteiger partial charge in [-0.1, -0.05) is 56.3 Å². The van der Waals surface area contributed by atoms with Crippen molar-refractivity contribution in [1.29, 1.82) is 0 Å². The summed E-state index contributed by atoms with van der Waals surface area (Å²) in [7, 11) is 0. The first-order chi connectivity index (χ1) is 21.6. The van der Waals surface area contributed by atoms with E-state index in [-0.39, 0.29) is 40.1 Å². The molecule has 5 nitrogen and oxygen atoms in total. The van der Waals surface area contributed by atoms with Crippen molar-refractivity contribution in [3.05, 3.63) is 81.4 Å². The van der Waals surface area contributed by atoms with Gasteiger partial charge >= 0.3 is 6.09 Å². The van der Waals surface area contributed by atoms with E-state index < -0.39 is 11.0 Å². The Labute approximate surface area is 273 Å². The second-order valence-electron chi connectivity index (χ2n) is 15.4.